The van der Waals surface area contributed by atoms with E-state index >= 15 is 0 Å². The molecule has 1 aliphatic rings. The molecule has 0 aromatic heterocycles. The molecule has 1 unspecified atom stereocenters. The number of carbonyl (C=O) groups is 2. The highest BCUT2D eigenvalue weighted by Gasteiger charge is 2.30. The first-order valence-electron chi connectivity index (χ1n) is 5.71. The first kappa shape index (κ1) is 14.4. The first-order chi connectivity index (χ1) is 8.97. The van der Waals surface area contributed by atoms with Crippen LogP contribution in [0.2, 0.25) is 5.02 Å². The minimum atomic E-state index is -0.859. The second-order valence-electron chi connectivity index (χ2n) is 4.32. The topological polar surface area (TPSA) is 69.6 Å². The molecule has 1 saturated heterocycles. The zero-order valence-corrected chi connectivity index (χ0v) is 12.8. The van der Waals surface area contributed by atoms with E-state index in [0.717, 1.165) is 3.57 Å². The third-order valence-electron chi connectivity index (χ3n) is 3.00. The van der Waals surface area contributed by atoms with Crippen LogP contribution >= 0.6 is 34.2 Å². The van der Waals surface area contributed by atoms with Crippen molar-refractivity contribution in [2.75, 3.05) is 18.4 Å². The quantitative estimate of drug-likeness (QED) is 0.758. The van der Waals surface area contributed by atoms with Gasteiger partial charge in [0, 0.05) is 16.7 Å². The van der Waals surface area contributed by atoms with E-state index in [1.165, 1.54) is 4.90 Å². The molecule has 1 heterocycles. The Labute approximate surface area is 129 Å². The van der Waals surface area contributed by atoms with Crippen LogP contribution in [0.25, 0.3) is 0 Å². The number of rotatable bonds is 2. The Morgan fingerprint density at radius 2 is 2.21 bits per heavy atom. The van der Waals surface area contributed by atoms with Crippen LogP contribution in [-0.2, 0) is 4.79 Å². The Morgan fingerprint density at radius 1 is 1.47 bits per heavy atom. The van der Waals surface area contributed by atoms with Gasteiger partial charge in [-0.15, -0.1) is 0 Å². The van der Waals surface area contributed by atoms with Crippen molar-refractivity contribution in [2.24, 2.45) is 5.92 Å². The van der Waals surface area contributed by atoms with Crippen molar-refractivity contribution < 1.29 is 14.7 Å². The van der Waals surface area contributed by atoms with Gasteiger partial charge in [-0.1, -0.05) is 11.6 Å². The predicted molar refractivity (Wildman–Crippen MR) is 80.5 cm³/mol. The number of nitrogens with one attached hydrogen (secondary N) is 1. The first-order valence-corrected chi connectivity index (χ1v) is 7.17. The number of likely N-dealkylation sites (tertiary alicyclic amines) is 1. The Hall–Kier alpha value is -1.02. The van der Waals surface area contributed by atoms with Gasteiger partial charge in [-0.25, -0.2) is 4.79 Å². The molecule has 1 atom stereocenters. The molecule has 2 amide bonds. The molecule has 19 heavy (non-hydrogen) atoms. The normalized spacial score (nSPS) is 18.4. The van der Waals surface area contributed by atoms with Crippen molar-refractivity contribution in [1.29, 1.82) is 0 Å². The number of hydrogen-bond acceptors (Lipinski definition) is 2. The SMILES string of the molecule is O=C(O)C1CCN(C(=O)Nc2ccc(I)cc2Cl)C1. The minimum absolute atomic E-state index is 0.239. The van der Waals surface area contributed by atoms with Crippen molar-refractivity contribution in [2.45, 2.75) is 6.42 Å². The molecule has 1 aliphatic heterocycles. The van der Waals surface area contributed by atoms with Crippen LogP contribution in [0.4, 0.5) is 10.5 Å². The van der Waals surface area contributed by atoms with Gasteiger partial charge in [-0.3, -0.25) is 4.79 Å². The van der Waals surface area contributed by atoms with Gasteiger partial charge in [-0.05, 0) is 47.2 Å². The molecule has 2 N–H and O–H groups in total. The molecule has 1 fully saturated rings. The summed E-state index contributed by atoms with van der Waals surface area (Å²) in [6.07, 6.45) is 0.489. The fourth-order valence-electron chi connectivity index (χ4n) is 1.93. The largest absolute Gasteiger partial charge is 0.481 e. The number of aliphatic carboxylic acids is 1. The summed E-state index contributed by atoms with van der Waals surface area (Å²) in [5.74, 6) is -1.33. The van der Waals surface area contributed by atoms with Crippen LogP contribution in [-0.4, -0.2) is 35.1 Å². The maximum absolute atomic E-state index is 12.0. The Kier molecular flexibility index (Phi) is 4.51. The average Bonchev–Trinajstić information content (AvgIpc) is 2.82. The van der Waals surface area contributed by atoms with E-state index in [1.54, 1.807) is 12.1 Å². The summed E-state index contributed by atoms with van der Waals surface area (Å²) in [6.45, 7) is 0.688. The lowest BCUT2D eigenvalue weighted by molar-refractivity contribution is -0.141. The lowest BCUT2D eigenvalue weighted by atomic mass is 10.1. The standard InChI is InChI=1S/C12H12ClIN2O3/c13-9-5-8(14)1-2-10(9)15-12(19)16-4-3-7(6-16)11(17)18/h1-2,5,7H,3-4,6H2,(H,15,19)(H,17,18). The molecule has 0 saturated carbocycles. The van der Waals surface area contributed by atoms with Crippen molar-refractivity contribution in [3.05, 3.63) is 26.8 Å². The predicted octanol–water partition coefficient (Wildman–Crippen LogP) is 2.88. The second-order valence-corrected chi connectivity index (χ2v) is 5.98. The van der Waals surface area contributed by atoms with Gasteiger partial charge in [0.05, 0.1) is 16.6 Å². The summed E-state index contributed by atoms with van der Waals surface area (Å²) in [5, 5.41) is 12.1. The van der Waals surface area contributed by atoms with Crippen LogP contribution in [0, 0.1) is 9.49 Å². The number of benzene rings is 1. The van der Waals surface area contributed by atoms with Gasteiger partial charge in [0.15, 0.2) is 0 Å². The zero-order chi connectivity index (χ0) is 14.0. The highest BCUT2D eigenvalue weighted by molar-refractivity contribution is 14.1. The monoisotopic (exact) mass is 394 g/mol. The van der Waals surface area contributed by atoms with E-state index in [1.807, 2.05) is 6.07 Å². The molecular weight excluding hydrogens is 383 g/mol. The molecule has 1 aromatic carbocycles. The molecular formula is C12H12ClIN2O3. The van der Waals surface area contributed by atoms with Crippen LogP contribution in [0.15, 0.2) is 18.2 Å². The lowest BCUT2D eigenvalue weighted by Gasteiger charge is -2.17. The third-order valence-corrected chi connectivity index (χ3v) is 3.98. The number of carboxylic acids is 1. The lowest BCUT2D eigenvalue weighted by Crippen LogP contribution is -2.33. The van der Waals surface area contributed by atoms with E-state index < -0.39 is 11.9 Å². The molecule has 0 radical (unpaired) electrons. The van der Waals surface area contributed by atoms with Crippen molar-refractivity contribution in [3.63, 3.8) is 0 Å². The smallest absolute Gasteiger partial charge is 0.321 e. The fraction of sp³-hybridized carbons (Fsp3) is 0.333. The molecule has 5 nitrogen and oxygen atoms in total. The number of halogens is 2. The number of nitrogens with zero attached hydrogens (tertiary/aromatic N) is 1. The maximum atomic E-state index is 12.0. The molecule has 0 bridgehead atoms. The van der Waals surface area contributed by atoms with E-state index in [0.29, 0.717) is 23.7 Å². The number of urea groups is 1. The molecule has 7 heteroatoms. The van der Waals surface area contributed by atoms with Crippen molar-refractivity contribution >= 4 is 51.9 Å². The Bertz CT molecular complexity index is 524. The van der Waals surface area contributed by atoms with Gasteiger partial charge >= 0.3 is 12.0 Å². The third kappa shape index (κ3) is 3.50. The van der Waals surface area contributed by atoms with Gasteiger partial charge < -0.3 is 15.3 Å². The summed E-state index contributed by atoms with van der Waals surface area (Å²) in [7, 11) is 0. The zero-order valence-electron chi connectivity index (χ0n) is 9.90. The summed E-state index contributed by atoms with van der Waals surface area (Å²) >= 11 is 8.16. The minimum Gasteiger partial charge on any atom is -0.481 e. The fourth-order valence-corrected chi connectivity index (χ4v) is 2.83. The average molecular weight is 395 g/mol. The highest BCUT2D eigenvalue weighted by atomic mass is 127. The van der Waals surface area contributed by atoms with E-state index in [-0.39, 0.29) is 12.6 Å². The summed E-state index contributed by atoms with van der Waals surface area (Å²) in [4.78, 5) is 24.3. The summed E-state index contributed by atoms with van der Waals surface area (Å²) in [5.41, 5.74) is 0.533. The van der Waals surface area contributed by atoms with E-state index in [4.69, 9.17) is 16.7 Å². The molecule has 0 spiro atoms. The summed E-state index contributed by atoms with van der Waals surface area (Å²) in [6, 6.07) is 5.01. The van der Waals surface area contributed by atoms with E-state index in [9.17, 15) is 9.59 Å². The van der Waals surface area contributed by atoms with Gasteiger partial charge in [0.25, 0.3) is 0 Å². The summed E-state index contributed by atoms with van der Waals surface area (Å²) < 4.78 is 0.979. The second kappa shape index (κ2) is 5.96. The molecule has 0 aliphatic carbocycles. The number of carboxylic acid groups (broad SMARTS) is 1. The Morgan fingerprint density at radius 3 is 2.79 bits per heavy atom. The van der Waals surface area contributed by atoms with Crippen LogP contribution in [0.3, 0.4) is 0 Å². The van der Waals surface area contributed by atoms with Crippen molar-refractivity contribution in [1.82, 2.24) is 4.90 Å². The molecule has 102 valence electrons. The number of amides is 2. The number of hydrogen-bond donors (Lipinski definition) is 2. The van der Waals surface area contributed by atoms with Gasteiger partial charge in [-0.2, -0.15) is 0 Å². The molecule has 1 aromatic rings. The van der Waals surface area contributed by atoms with Crippen molar-refractivity contribution in [3.8, 4) is 0 Å². The van der Waals surface area contributed by atoms with Gasteiger partial charge in [0.2, 0.25) is 0 Å². The van der Waals surface area contributed by atoms with Crippen LogP contribution < -0.4 is 5.32 Å². The van der Waals surface area contributed by atoms with E-state index in [2.05, 4.69) is 27.9 Å². The highest BCUT2D eigenvalue weighted by Crippen LogP contribution is 2.25. The number of anilines is 1. The molecule has 2 rings (SSSR count). The Balaban J connectivity index is 2.00. The van der Waals surface area contributed by atoms with Crippen LogP contribution in [0.5, 0.6) is 0 Å². The maximum Gasteiger partial charge on any atom is 0.321 e. The van der Waals surface area contributed by atoms with Gasteiger partial charge in [0.1, 0.15) is 0 Å². The van der Waals surface area contributed by atoms with Crippen LogP contribution in [0.1, 0.15) is 6.42 Å². The number of carbonyl (C=O) groups excluding carboxylic acids is 1.